The van der Waals surface area contributed by atoms with E-state index in [1.165, 1.54) is 0 Å². The second-order valence-corrected chi connectivity index (χ2v) is 5.33. The monoisotopic (exact) mass is 294 g/mol. The van der Waals surface area contributed by atoms with Gasteiger partial charge in [-0.2, -0.15) is 0 Å². The fourth-order valence-corrected chi connectivity index (χ4v) is 2.50. The molecule has 3 rings (SSSR count). The van der Waals surface area contributed by atoms with E-state index in [0.717, 1.165) is 27.9 Å². The maximum Gasteiger partial charge on any atom is 0.272 e. The van der Waals surface area contributed by atoms with E-state index in [2.05, 4.69) is 5.32 Å². The van der Waals surface area contributed by atoms with Gasteiger partial charge in [-0.25, -0.2) is 0 Å². The van der Waals surface area contributed by atoms with Gasteiger partial charge < -0.3 is 14.6 Å². The van der Waals surface area contributed by atoms with Gasteiger partial charge in [0.1, 0.15) is 11.4 Å². The van der Waals surface area contributed by atoms with Gasteiger partial charge in [-0.1, -0.05) is 17.7 Å². The van der Waals surface area contributed by atoms with Crippen molar-refractivity contribution in [1.82, 2.24) is 4.57 Å². The Bertz CT molecular complexity index is 832. The summed E-state index contributed by atoms with van der Waals surface area (Å²) >= 11 is 0. The minimum atomic E-state index is -0.124. The highest BCUT2D eigenvalue weighted by atomic mass is 16.5. The van der Waals surface area contributed by atoms with Gasteiger partial charge in [0.25, 0.3) is 5.91 Å². The highest BCUT2D eigenvalue weighted by molar-refractivity contribution is 6.06. The van der Waals surface area contributed by atoms with Crippen LogP contribution < -0.4 is 10.1 Å². The normalized spacial score (nSPS) is 10.7. The number of carbonyl (C=O) groups excluding carboxylic acids is 1. The van der Waals surface area contributed by atoms with Crippen LogP contribution in [0.3, 0.4) is 0 Å². The van der Waals surface area contributed by atoms with Gasteiger partial charge >= 0.3 is 0 Å². The van der Waals surface area contributed by atoms with Gasteiger partial charge in [0.2, 0.25) is 0 Å². The summed E-state index contributed by atoms with van der Waals surface area (Å²) in [5.74, 6) is 0.658. The predicted molar refractivity (Wildman–Crippen MR) is 88.6 cm³/mol. The standard InChI is InChI=1S/C18H18N2O2/c1-12-4-6-14(7-5-12)19-18(21)17-11-13-10-15(22-3)8-9-16(13)20(17)2/h4-11H,1-3H3,(H,19,21). The van der Waals surface area contributed by atoms with Crippen LogP contribution in [0, 0.1) is 6.92 Å². The molecule has 0 unspecified atom stereocenters. The fourth-order valence-electron chi connectivity index (χ4n) is 2.50. The molecular weight excluding hydrogens is 276 g/mol. The molecule has 0 spiro atoms. The van der Waals surface area contributed by atoms with Gasteiger partial charge in [0.15, 0.2) is 0 Å². The van der Waals surface area contributed by atoms with Crippen LogP contribution in [-0.2, 0) is 7.05 Å². The summed E-state index contributed by atoms with van der Waals surface area (Å²) in [6.45, 7) is 2.02. The van der Waals surface area contributed by atoms with Crippen molar-refractivity contribution in [2.24, 2.45) is 7.05 Å². The quantitative estimate of drug-likeness (QED) is 0.799. The van der Waals surface area contributed by atoms with Crippen molar-refractivity contribution in [2.45, 2.75) is 6.92 Å². The Kier molecular flexibility index (Phi) is 3.59. The van der Waals surface area contributed by atoms with Crippen LogP contribution in [0.25, 0.3) is 10.9 Å². The molecule has 0 fully saturated rings. The average Bonchev–Trinajstić information content (AvgIpc) is 2.86. The highest BCUT2D eigenvalue weighted by Crippen LogP contribution is 2.24. The molecule has 0 aliphatic rings. The third-order valence-electron chi connectivity index (χ3n) is 3.79. The zero-order chi connectivity index (χ0) is 15.7. The Morgan fingerprint density at radius 2 is 1.82 bits per heavy atom. The molecule has 112 valence electrons. The summed E-state index contributed by atoms with van der Waals surface area (Å²) < 4.78 is 7.12. The van der Waals surface area contributed by atoms with E-state index in [4.69, 9.17) is 4.74 Å². The number of aromatic nitrogens is 1. The number of methoxy groups -OCH3 is 1. The van der Waals surface area contributed by atoms with Gasteiger partial charge in [0.05, 0.1) is 7.11 Å². The average molecular weight is 294 g/mol. The number of hydrogen-bond acceptors (Lipinski definition) is 2. The van der Waals surface area contributed by atoms with E-state index in [1.807, 2.05) is 67.1 Å². The molecule has 4 nitrogen and oxygen atoms in total. The molecule has 0 saturated carbocycles. The van der Waals surface area contributed by atoms with Gasteiger partial charge in [-0.05, 0) is 43.3 Å². The number of anilines is 1. The molecule has 0 aliphatic carbocycles. The number of aryl methyl sites for hydroxylation is 2. The van der Waals surface area contributed by atoms with Crippen LogP contribution in [0.15, 0.2) is 48.5 Å². The molecule has 0 atom stereocenters. The number of ether oxygens (including phenoxy) is 1. The Labute approximate surface area is 129 Å². The Morgan fingerprint density at radius 3 is 2.50 bits per heavy atom. The third-order valence-corrected chi connectivity index (χ3v) is 3.79. The molecule has 2 aromatic carbocycles. The number of fused-ring (bicyclic) bond motifs is 1. The van der Waals surface area contributed by atoms with Crippen LogP contribution in [0.4, 0.5) is 5.69 Å². The molecule has 1 amide bonds. The first kappa shape index (κ1) is 14.2. The number of nitrogens with zero attached hydrogens (tertiary/aromatic N) is 1. The summed E-state index contributed by atoms with van der Waals surface area (Å²) in [4.78, 5) is 12.5. The van der Waals surface area contributed by atoms with Crippen LogP contribution in [0.5, 0.6) is 5.75 Å². The fraction of sp³-hybridized carbons (Fsp3) is 0.167. The summed E-state index contributed by atoms with van der Waals surface area (Å²) in [5, 5.41) is 3.91. The summed E-state index contributed by atoms with van der Waals surface area (Å²) in [6, 6.07) is 15.4. The van der Waals surface area contributed by atoms with E-state index in [-0.39, 0.29) is 5.91 Å². The van der Waals surface area contributed by atoms with Gasteiger partial charge in [0, 0.05) is 23.6 Å². The first-order valence-electron chi connectivity index (χ1n) is 7.10. The first-order chi connectivity index (χ1) is 10.6. The molecule has 1 N–H and O–H groups in total. The maximum atomic E-state index is 12.5. The lowest BCUT2D eigenvalue weighted by molar-refractivity contribution is 0.102. The lowest BCUT2D eigenvalue weighted by Gasteiger charge is -2.07. The first-order valence-corrected chi connectivity index (χ1v) is 7.10. The molecule has 0 radical (unpaired) electrons. The van der Waals surface area contributed by atoms with Crippen molar-refractivity contribution in [3.05, 3.63) is 59.8 Å². The molecule has 3 aromatic rings. The van der Waals surface area contributed by atoms with E-state index >= 15 is 0 Å². The number of nitrogens with one attached hydrogen (secondary N) is 1. The highest BCUT2D eigenvalue weighted by Gasteiger charge is 2.14. The SMILES string of the molecule is COc1ccc2c(c1)cc(C(=O)Nc1ccc(C)cc1)n2C. The number of benzene rings is 2. The van der Waals surface area contributed by atoms with Crippen LogP contribution in [0.2, 0.25) is 0 Å². The van der Waals surface area contributed by atoms with E-state index < -0.39 is 0 Å². The number of rotatable bonds is 3. The van der Waals surface area contributed by atoms with Gasteiger partial charge in [-0.15, -0.1) is 0 Å². The smallest absolute Gasteiger partial charge is 0.272 e. The minimum Gasteiger partial charge on any atom is -0.497 e. The van der Waals surface area contributed by atoms with Crippen LogP contribution in [-0.4, -0.2) is 17.6 Å². The largest absolute Gasteiger partial charge is 0.497 e. The lowest BCUT2D eigenvalue weighted by Crippen LogP contribution is -2.15. The molecule has 0 bridgehead atoms. The summed E-state index contributed by atoms with van der Waals surface area (Å²) in [7, 11) is 3.52. The summed E-state index contributed by atoms with van der Waals surface area (Å²) in [6.07, 6.45) is 0. The van der Waals surface area contributed by atoms with E-state index in [9.17, 15) is 4.79 Å². The Hall–Kier alpha value is -2.75. The topological polar surface area (TPSA) is 43.3 Å². The minimum absolute atomic E-state index is 0.124. The van der Waals surface area contributed by atoms with E-state index in [1.54, 1.807) is 7.11 Å². The second-order valence-electron chi connectivity index (χ2n) is 5.33. The van der Waals surface area contributed by atoms with Crippen molar-refractivity contribution < 1.29 is 9.53 Å². The van der Waals surface area contributed by atoms with Crippen LogP contribution in [0.1, 0.15) is 16.1 Å². The summed E-state index contributed by atoms with van der Waals surface area (Å²) in [5.41, 5.74) is 3.56. The molecule has 1 heterocycles. The Balaban J connectivity index is 1.93. The molecule has 4 heteroatoms. The van der Waals surface area contributed by atoms with Crippen molar-refractivity contribution in [3.8, 4) is 5.75 Å². The second kappa shape index (κ2) is 5.56. The zero-order valence-corrected chi connectivity index (χ0v) is 12.9. The van der Waals surface area contributed by atoms with Gasteiger partial charge in [-0.3, -0.25) is 4.79 Å². The van der Waals surface area contributed by atoms with Crippen molar-refractivity contribution >= 4 is 22.5 Å². The molecule has 1 aromatic heterocycles. The lowest BCUT2D eigenvalue weighted by atomic mass is 10.2. The molecule has 0 aliphatic heterocycles. The van der Waals surface area contributed by atoms with E-state index in [0.29, 0.717) is 5.69 Å². The number of carbonyl (C=O) groups is 1. The molecule has 0 saturated heterocycles. The maximum absolute atomic E-state index is 12.5. The molecular formula is C18H18N2O2. The van der Waals surface area contributed by atoms with Crippen molar-refractivity contribution in [2.75, 3.05) is 12.4 Å². The zero-order valence-electron chi connectivity index (χ0n) is 12.9. The van der Waals surface area contributed by atoms with Crippen LogP contribution >= 0.6 is 0 Å². The predicted octanol–water partition coefficient (Wildman–Crippen LogP) is 3.75. The number of hydrogen-bond donors (Lipinski definition) is 1. The van der Waals surface area contributed by atoms with Crippen molar-refractivity contribution in [1.29, 1.82) is 0 Å². The number of amides is 1. The Morgan fingerprint density at radius 1 is 1.09 bits per heavy atom. The third kappa shape index (κ3) is 2.55. The molecule has 22 heavy (non-hydrogen) atoms. The van der Waals surface area contributed by atoms with Crippen molar-refractivity contribution in [3.63, 3.8) is 0 Å².